The Bertz CT molecular complexity index is 504. The molecule has 0 aliphatic carbocycles. The van der Waals surface area contributed by atoms with E-state index in [4.69, 9.17) is 4.74 Å². The lowest BCUT2D eigenvalue weighted by Gasteiger charge is -2.27. The number of para-hydroxylation sites is 2. The fourth-order valence-corrected chi connectivity index (χ4v) is 1.96. The van der Waals surface area contributed by atoms with E-state index < -0.39 is 0 Å². The standard InChI is InChI=1S/C16H18O2/c1-16(2,18-14-9-4-3-5-10-14)12-13-8-6-7-11-15(13)17/h3-11,17H,12H2,1-2H3. The average molecular weight is 242 g/mol. The van der Waals surface area contributed by atoms with Gasteiger partial charge in [-0.15, -0.1) is 0 Å². The Morgan fingerprint density at radius 2 is 1.56 bits per heavy atom. The highest BCUT2D eigenvalue weighted by Gasteiger charge is 2.21. The van der Waals surface area contributed by atoms with Crippen molar-refractivity contribution in [1.82, 2.24) is 0 Å². The summed E-state index contributed by atoms with van der Waals surface area (Å²) < 4.78 is 5.95. The van der Waals surface area contributed by atoms with Crippen LogP contribution in [0.5, 0.6) is 11.5 Å². The minimum absolute atomic E-state index is 0.322. The van der Waals surface area contributed by atoms with Crippen molar-refractivity contribution in [1.29, 1.82) is 0 Å². The molecule has 0 aromatic heterocycles. The number of hydrogen-bond donors (Lipinski definition) is 1. The molecule has 2 aromatic rings. The number of hydrogen-bond acceptors (Lipinski definition) is 2. The largest absolute Gasteiger partial charge is 0.508 e. The molecule has 0 radical (unpaired) electrons. The smallest absolute Gasteiger partial charge is 0.120 e. The number of benzene rings is 2. The zero-order valence-electron chi connectivity index (χ0n) is 10.8. The van der Waals surface area contributed by atoms with Gasteiger partial charge in [-0.25, -0.2) is 0 Å². The zero-order valence-corrected chi connectivity index (χ0v) is 10.8. The Morgan fingerprint density at radius 1 is 0.944 bits per heavy atom. The van der Waals surface area contributed by atoms with Gasteiger partial charge in [0, 0.05) is 6.42 Å². The first-order valence-electron chi connectivity index (χ1n) is 6.08. The maximum Gasteiger partial charge on any atom is 0.120 e. The first-order valence-corrected chi connectivity index (χ1v) is 6.08. The lowest BCUT2D eigenvalue weighted by molar-refractivity contribution is 0.109. The molecule has 0 heterocycles. The van der Waals surface area contributed by atoms with Gasteiger partial charge in [-0.05, 0) is 37.6 Å². The summed E-state index contributed by atoms with van der Waals surface area (Å²) in [4.78, 5) is 0. The Balaban J connectivity index is 2.10. The molecule has 0 atom stereocenters. The molecule has 0 spiro atoms. The van der Waals surface area contributed by atoms with Crippen molar-refractivity contribution >= 4 is 0 Å². The zero-order chi connectivity index (χ0) is 13.0. The number of aromatic hydroxyl groups is 1. The second kappa shape index (κ2) is 5.13. The normalized spacial score (nSPS) is 11.2. The molecular formula is C16H18O2. The monoisotopic (exact) mass is 242 g/mol. The Hall–Kier alpha value is -1.96. The number of rotatable bonds is 4. The third-order valence-corrected chi connectivity index (χ3v) is 2.75. The van der Waals surface area contributed by atoms with Crippen LogP contribution in [0.3, 0.4) is 0 Å². The van der Waals surface area contributed by atoms with Crippen LogP contribution in [-0.4, -0.2) is 10.7 Å². The van der Waals surface area contributed by atoms with Gasteiger partial charge < -0.3 is 9.84 Å². The van der Waals surface area contributed by atoms with E-state index in [0.717, 1.165) is 11.3 Å². The quantitative estimate of drug-likeness (QED) is 0.883. The van der Waals surface area contributed by atoms with Crippen LogP contribution in [0, 0.1) is 0 Å². The van der Waals surface area contributed by atoms with E-state index in [0.29, 0.717) is 12.2 Å². The van der Waals surface area contributed by atoms with Crippen LogP contribution in [0.1, 0.15) is 19.4 Å². The van der Waals surface area contributed by atoms with Crippen LogP contribution in [-0.2, 0) is 6.42 Å². The van der Waals surface area contributed by atoms with E-state index in [9.17, 15) is 5.11 Å². The van der Waals surface area contributed by atoms with Crippen molar-refractivity contribution < 1.29 is 9.84 Å². The van der Waals surface area contributed by atoms with Gasteiger partial charge in [-0.1, -0.05) is 36.4 Å². The van der Waals surface area contributed by atoms with E-state index >= 15 is 0 Å². The van der Waals surface area contributed by atoms with Crippen LogP contribution < -0.4 is 4.74 Å². The molecule has 0 aliphatic rings. The van der Waals surface area contributed by atoms with Crippen LogP contribution in [0.25, 0.3) is 0 Å². The fraction of sp³-hybridized carbons (Fsp3) is 0.250. The second-order valence-corrected chi connectivity index (χ2v) is 4.98. The maximum atomic E-state index is 9.78. The molecule has 0 saturated heterocycles. The van der Waals surface area contributed by atoms with Gasteiger partial charge in [-0.2, -0.15) is 0 Å². The maximum absolute atomic E-state index is 9.78. The van der Waals surface area contributed by atoms with Crippen LogP contribution in [0.4, 0.5) is 0 Å². The van der Waals surface area contributed by atoms with Crippen molar-refractivity contribution in [2.75, 3.05) is 0 Å². The highest BCUT2D eigenvalue weighted by atomic mass is 16.5. The van der Waals surface area contributed by atoms with Gasteiger partial charge in [-0.3, -0.25) is 0 Å². The Morgan fingerprint density at radius 3 is 2.22 bits per heavy atom. The number of ether oxygens (including phenoxy) is 1. The summed E-state index contributed by atoms with van der Waals surface area (Å²) in [6.45, 7) is 4.04. The average Bonchev–Trinajstić information content (AvgIpc) is 2.32. The van der Waals surface area contributed by atoms with Crippen LogP contribution in [0.2, 0.25) is 0 Å². The molecule has 0 amide bonds. The lowest BCUT2D eigenvalue weighted by Crippen LogP contribution is -2.30. The van der Waals surface area contributed by atoms with Gasteiger partial charge in [0.1, 0.15) is 17.1 Å². The summed E-state index contributed by atoms with van der Waals surface area (Å²) in [6, 6.07) is 17.1. The fourth-order valence-electron chi connectivity index (χ4n) is 1.96. The molecule has 0 fully saturated rings. The molecule has 0 unspecified atom stereocenters. The van der Waals surface area contributed by atoms with Crippen molar-refractivity contribution in [2.45, 2.75) is 25.9 Å². The van der Waals surface area contributed by atoms with Crippen LogP contribution in [0.15, 0.2) is 54.6 Å². The SMILES string of the molecule is CC(C)(Cc1ccccc1O)Oc1ccccc1. The molecule has 0 bridgehead atoms. The molecule has 2 nitrogen and oxygen atoms in total. The molecule has 0 aliphatic heterocycles. The molecule has 2 rings (SSSR count). The molecule has 2 aromatic carbocycles. The summed E-state index contributed by atoms with van der Waals surface area (Å²) in [5.74, 6) is 1.17. The summed E-state index contributed by atoms with van der Waals surface area (Å²) in [7, 11) is 0. The minimum Gasteiger partial charge on any atom is -0.508 e. The van der Waals surface area contributed by atoms with E-state index in [1.54, 1.807) is 6.07 Å². The van der Waals surface area contributed by atoms with Gasteiger partial charge in [0.05, 0.1) is 0 Å². The van der Waals surface area contributed by atoms with Crippen molar-refractivity contribution in [3.05, 3.63) is 60.2 Å². The van der Waals surface area contributed by atoms with Gasteiger partial charge in [0.25, 0.3) is 0 Å². The molecular weight excluding hydrogens is 224 g/mol. The van der Waals surface area contributed by atoms with Crippen molar-refractivity contribution in [3.8, 4) is 11.5 Å². The predicted molar refractivity (Wildman–Crippen MR) is 73.0 cm³/mol. The predicted octanol–water partition coefficient (Wildman–Crippen LogP) is 3.79. The molecule has 94 valence electrons. The van der Waals surface area contributed by atoms with E-state index in [2.05, 4.69) is 0 Å². The first kappa shape index (κ1) is 12.5. The van der Waals surface area contributed by atoms with Crippen molar-refractivity contribution in [2.24, 2.45) is 0 Å². The molecule has 18 heavy (non-hydrogen) atoms. The Kier molecular flexibility index (Phi) is 3.56. The Labute approximate surface area is 108 Å². The topological polar surface area (TPSA) is 29.5 Å². The number of phenols is 1. The summed E-state index contributed by atoms with van der Waals surface area (Å²) in [6.07, 6.45) is 0.661. The second-order valence-electron chi connectivity index (χ2n) is 4.98. The summed E-state index contributed by atoms with van der Waals surface area (Å²) in [5.41, 5.74) is 0.540. The molecule has 0 saturated carbocycles. The van der Waals surface area contributed by atoms with Gasteiger partial charge in [0.15, 0.2) is 0 Å². The molecule has 2 heteroatoms. The summed E-state index contributed by atoms with van der Waals surface area (Å²) in [5, 5.41) is 9.78. The molecule has 1 N–H and O–H groups in total. The van der Waals surface area contributed by atoms with Gasteiger partial charge >= 0.3 is 0 Å². The van der Waals surface area contributed by atoms with E-state index in [-0.39, 0.29) is 5.60 Å². The van der Waals surface area contributed by atoms with Gasteiger partial charge in [0.2, 0.25) is 0 Å². The van der Waals surface area contributed by atoms with E-state index in [1.807, 2.05) is 62.4 Å². The van der Waals surface area contributed by atoms with Crippen molar-refractivity contribution in [3.63, 3.8) is 0 Å². The summed E-state index contributed by atoms with van der Waals surface area (Å²) >= 11 is 0. The van der Waals surface area contributed by atoms with E-state index in [1.165, 1.54) is 0 Å². The first-order chi connectivity index (χ1) is 8.57. The highest BCUT2D eigenvalue weighted by molar-refractivity contribution is 5.33. The third-order valence-electron chi connectivity index (χ3n) is 2.75. The minimum atomic E-state index is -0.361. The third kappa shape index (κ3) is 3.27. The lowest BCUT2D eigenvalue weighted by atomic mass is 9.97. The van der Waals surface area contributed by atoms with Crippen LogP contribution >= 0.6 is 0 Å². The highest BCUT2D eigenvalue weighted by Crippen LogP contribution is 2.25. The number of phenolic OH excluding ortho intramolecular Hbond substituents is 1.